The summed E-state index contributed by atoms with van der Waals surface area (Å²) in [6.07, 6.45) is -0.215. The van der Waals surface area contributed by atoms with Gasteiger partial charge >= 0.3 is 0 Å². The van der Waals surface area contributed by atoms with Crippen molar-refractivity contribution in [3.05, 3.63) is 69.7 Å². The van der Waals surface area contributed by atoms with Gasteiger partial charge in [-0.1, -0.05) is 75.5 Å². The molecule has 2 aromatic carbocycles. The SMILES string of the molecule is Clc1ccc([C@@H]2CO[C@](CBr)(c3ccccc3)O2)c(Cl)c1. The zero-order chi connectivity index (χ0) is 14.9. The third-order valence-corrected chi connectivity index (χ3v) is 4.80. The van der Waals surface area contributed by atoms with Crippen molar-refractivity contribution in [3.63, 3.8) is 0 Å². The van der Waals surface area contributed by atoms with Crippen LogP contribution in [0.15, 0.2) is 48.5 Å². The minimum atomic E-state index is -0.783. The maximum Gasteiger partial charge on any atom is 0.205 e. The van der Waals surface area contributed by atoms with Crippen LogP contribution in [-0.4, -0.2) is 11.9 Å². The minimum absolute atomic E-state index is 0.215. The van der Waals surface area contributed by atoms with Crippen LogP contribution in [0, 0.1) is 0 Å². The topological polar surface area (TPSA) is 18.5 Å². The number of benzene rings is 2. The van der Waals surface area contributed by atoms with E-state index in [4.69, 9.17) is 32.7 Å². The van der Waals surface area contributed by atoms with Crippen molar-refractivity contribution in [1.82, 2.24) is 0 Å². The molecular weight excluding hydrogens is 375 g/mol. The molecule has 2 nitrogen and oxygen atoms in total. The summed E-state index contributed by atoms with van der Waals surface area (Å²) >= 11 is 15.7. The Morgan fingerprint density at radius 2 is 1.90 bits per heavy atom. The Morgan fingerprint density at radius 1 is 1.14 bits per heavy atom. The van der Waals surface area contributed by atoms with Gasteiger partial charge in [-0.3, -0.25) is 0 Å². The lowest BCUT2D eigenvalue weighted by molar-refractivity contribution is -0.157. The molecule has 1 aliphatic rings. The van der Waals surface area contributed by atoms with Gasteiger partial charge in [0.2, 0.25) is 5.79 Å². The summed E-state index contributed by atoms with van der Waals surface area (Å²) in [5.74, 6) is -0.783. The highest BCUT2D eigenvalue weighted by Crippen LogP contribution is 2.43. The highest BCUT2D eigenvalue weighted by Gasteiger charge is 2.43. The van der Waals surface area contributed by atoms with Crippen LogP contribution < -0.4 is 0 Å². The lowest BCUT2D eigenvalue weighted by Gasteiger charge is -2.26. The molecule has 1 heterocycles. The van der Waals surface area contributed by atoms with Crippen LogP contribution in [-0.2, 0) is 15.3 Å². The number of alkyl halides is 1. The lowest BCUT2D eigenvalue weighted by Crippen LogP contribution is -2.29. The predicted octanol–water partition coefficient (Wildman–Crippen LogP) is 5.33. The molecule has 0 bridgehead atoms. The van der Waals surface area contributed by atoms with E-state index in [9.17, 15) is 0 Å². The second kappa shape index (κ2) is 6.27. The van der Waals surface area contributed by atoms with Gasteiger partial charge in [-0.05, 0) is 12.1 Å². The van der Waals surface area contributed by atoms with Crippen molar-refractivity contribution in [2.75, 3.05) is 11.9 Å². The fourth-order valence-electron chi connectivity index (χ4n) is 2.41. The van der Waals surface area contributed by atoms with Gasteiger partial charge in [0, 0.05) is 21.2 Å². The van der Waals surface area contributed by atoms with Gasteiger partial charge in [-0.25, -0.2) is 0 Å². The van der Waals surface area contributed by atoms with Crippen LogP contribution in [0.4, 0.5) is 0 Å². The van der Waals surface area contributed by atoms with Gasteiger partial charge in [0.25, 0.3) is 0 Å². The summed E-state index contributed by atoms with van der Waals surface area (Å²) in [6.45, 7) is 0.446. The van der Waals surface area contributed by atoms with Crippen molar-refractivity contribution in [2.24, 2.45) is 0 Å². The molecule has 2 aromatic rings. The zero-order valence-electron chi connectivity index (χ0n) is 11.1. The summed E-state index contributed by atoms with van der Waals surface area (Å²) < 4.78 is 12.2. The maximum atomic E-state index is 6.26. The Bertz CT molecular complexity index is 635. The van der Waals surface area contributed by atoms with Crippen molar-refractivity contribution in [2.45, 2.75) is 11.9 Å². The summed E-state index contributed by atoms with van der Waals surface area (Å²) in [5.41, 5.74) is 1.87. The van der Waals surface area contributed by atoms with Crippen LogP contribution >= 0.6 is 39.1 Å². The van der Waals surface area contributed by atoms with Crippen molar-refractivity contribution in [3.8, 4) is 0 Å². The van der Waals surface area contributed by atoms with E-state index in [-0.39, 0.29) is 6.10 Å². The van der Waals surface area contributed by atoms with Gasteiger partial charge in [0.1, 0.15) is 6.10 Å². The van der Waals surface area contributed by atoms with Crippen molar-refractivity contribution in [1.29, 1.82) is 0 Å². The number of hydrogen-bond donors (Lipinski definition) is 0. The Kier molecular flexibility index (Phi) is 4.57. The van der Waals surface area contributed by atoms with Crippen molar-refractivity contribution >= 4 is 39.1 Å². The fourth-order valence-corrected chi connectivity index (χ4v) is 3.56. The molecule has 5 heteroatoms. The number of rotatable bonds is 3. The van der Waals surface area contributed by atoms with Gasteiger partial charge in [0.15, 0.2) is 0 Å². The van der Waals surface area contributed by atoms with E-state index in [0.29, 0.717) is 22.0 Å². The number of hydrogen-bond acceptors (Lipinski definition) is 2. The molecule has 2 atom stereocenters. The summed E-state index contributed by atoms with van der Waals surface area (Å²) in [6, 6.07) is 15.3. The van der Waals surface area contributed by atoms with Gasteiger partial charge in [-0.2, -0.15) is 0 Å². The molecule has 0 unspecified atom stereocenters. The molecule has 0 aromatic heterocycles. The lowest BCUT2D eigenvalue weighted by atomic mass is 10.1. The highest BCUT2D eigenvalue weighted by molar-refractivity contribution is 9.09. The zero-order valence-corrected chi connectivity index (χ0v) is 14.2. The van der Waals surface area contributed by atoms with Crippen LogP contribution in [0.1, 0.15) is 17.2 Å². The molecule has 1 fully saturated rings. The molecule has 3 rings (SSSR count). The van der Waals surface area contributed by atoms with E-state index in [1.807, 2.05) is 42.5 Å². The Morgan fingerprint density at radius 3 is 2.57 bits per heavy atom. The molecular formula is C16H13BrCl2O2. The van der Waals surface area contributed by atoms with Gasteiger partial charge in [-0.15, -0.1) is 0 Å². The fraction of sp³-hybridized carbons (Fsp3) is 0.250. The molecule has 0 aliphatic carbocycles. The van der Waals surface area contributed by atoms with E-state index in [2.05, 4.69) is 15.9 Å². The second-order valence-corrected chi connectivity index (χ2v) is 6.24. The minimum Gasteiger partial charge on any atom is -0.342 e. The second-order valence-electron chi connectivity index (χ2n) is 4.84. The maximum absolute atomic E-state index is 6.26. The molecule has 1 saturated heterocycles. The van der Waals surface area contributed by atoms with Crippen LogP contribution in [0.3, 0.4) is 0 Å². The molecule has 0 N–H and O–H groups in total. The van der Waals surface area contributed by atoms with Crippen molar-refractivity contribution < 1.29 is 9.47 Å². The summed E-state index contributed by atoms with van der Waals surface area (Å²) in [5, 5.41) is 1.75. The monoisotopic (exact) mass is 386 g/mol. The Labute approximate surface area is 142 Å². The summed E-state index contributed by atoms with van der Waals surface area (Å²) in [4.78, 5) is 0. The van der Waals surface area contributed by atoms with Gasteiger partial charge < -0.3 is 9.47 Å². The third kappa shape index (κ3) is 2.99. The smallest absolute Gasteiger partial charge is 0.205 e. The Hall–Kier alpha value is -0.580. The molecule has 21 heavy (non-hydrogen) atoms. The summed E-state index contributed by atoms with van der Waals surface area (Å²) in [7, 11) is 0. The Balaban J connectivity index is 1.90. The van der Waals surface area contributed by atoms with E-state index < -0.39 is 5.79 Å². The van der Waals surface area contributed by atoms with E-state index >= 15 is 0 Å². The van der Waals surface area contributed by atoms with Crippen LogP contribution in [0.2, 0.25) is 10.0 Å². The predicted molar refractivity (Wildman–Crippen MR) is 88.2 cm³/mol. The quantitative estimate of drug-likeness (QED) is 0.662. The highest BCUT2D eigenvalue weighted by atomic mass is 79.9. The van der Waals surface area contributed by atoms with E-state index in [1.54, 1.807) is 6.07 Å². The first-order chi connectivity index (χ1) is 10.1. The van der Waals surface area contributed by atoms with Crippen LogP contribution in [0.5, 0.6) is 0 Å². The first-order valence-corrected chi connectivity index (χ1v) is 8.40. The average molecular weight is 388 g/mol. The van der Waals surface area contributed by atoms with Crippen LogP contribution in [0.25, 0.3) is 0 Å². The van der Waals surface area contributed by atoms with Gasteiger partial charge in [0.05, 0.1) is 11.9 Å². The molecule has 0 saturated carbocycles. The molecule has 1 aliphatic heterocycles. The number of ether oxygens (including phenoxy) is 2. The molecule has 0 amide bonds. The molecule has 0 radical (unpaired) electrons. The average Bonchev–Trinajstić information content (AvgIpc) is 2.94. The third-order valence-electron chi connectivity index (χ3n) is 3.50. The van der Waals surface area contributed by atoms with E-state index in [0.717, 1.165) is 11.1 Å². The van der Waals surface area contributed by atoms with E-state index in [1.165, 1.54) is 0 Å². The number of halogens is 3. The molecule has 110 valence electrons. The molecule has 0 spiro atoms. The first kappa shape index (κ1) is 15.3. The largest absolute Gasteiger partial charge is 0.342 e. The normalized spacial score (nSPS) is 25.2. The first-order valence-electron chi connectivity index (χ1n) is 6.53. The standard InChI is InChI=1S/C16H13BrCl2O2/c17-10-16(11-4-2-1-3-5-11)20-9-15(21-16)13-7-6-12(18)8-14(13)19/h1-8,15H,9-10H2/t15-,16-/m0/s1.